The van der Waals surface area contributed by atoms with Gasteiger partial charge in [0.15, 0.2) is 5.15 Å². The quantitative estimate of drug-likeness (QED) is 0.894. The van der Waals surface area contributed by atoms with E-state index in [4.69, 9.17) is 23.2 Å². The van der Waals surface area contributed by atoms with E-state index in [9.17, 15) is 9.59 Å². The van der Waals surface area contributed by atoms with Gasteiger partial charge in [-0.1, -0.05) is 28.4 Å². The van der Waals surface area contributed by atoms with Crippen LogP contribution in [0.2, 0.25) is 10.2 Å². The fourth-order valence-corrected chi connectivity index (χ4v) is 2.34. The van der Waals surface area contributed by atoms with Gasteiger partial charge in [-0.25, -0.2) is 4.68 Å². The summed E-state index contributed by atoms with van der Waals surface area (Å²) in [5, 5.41) is 10.7. The van der Waals surface area contributed by atoms with Crippen molar-refractivity contribution >= 4 is 40.7 Å². The van der Waals surface area contributed by atoms with Crippen LogP contribution in [0.4, 0.5) is 5.69 Å². The minimum Gasteiger partial charge on any atom is -0.345 e. The van der Waals surface area contributed by atoms with Crippen LogP contribution in [-0.2, 0) is 9.59 Å². The summed E-state index contributed by atoms with van der Waals surface area (Å²) in [6.45, 7) is -0.127. The Morgan fingerprint density at radius 2 is 2.00 bits per heavy atom. The van der Waals surface area contributed by atoms with Crippen LogP contribution in [0.5, 0.6) is 0 Å². The van der Waals surface area contributed by atoms with Gasteiger partial charge in [-0.2, -0.15) is 0 Å². The van der Waals surface area contributed by atoms with Gasteiger partial charge in [0.05, 0.1) is 24.1 Å². The van der Waals surface area contributed by atoms with E-state index >= 15 is 0 Å². The Labute approximate surface area is 129 Å². The number of piperazine rings is 1. The zero-order valence-electron chi connectivity index (χ0n) is 10.6. The van der Waals surface area contributed by atoms with Gasteiger partial charge >= 0.3 is 0 Å². The molecule has 2 amide bonds. The van der Waals surface area contributed by atoms with E-state index in [-0.39, 0.29) is 30.1 Å². The van der Waals surface area contributed by atoms with Crippen molar-refractivity contribution in [1.29, 1.82) is 0 Å². The van der Waals surface area contributed by atoms with Gasteiger partial charge in [0.2, 0.25) is 11.8 Å². The van der Waals surface area contributed by atoms with E-state index in [1.54, 1.807) is 18.2 Å². The molecule has 0 bridgehead atoms. The maximum absolute atomic E-state index is 12.0. The zero-order valence-corrected chi connectivity index (χ0v) is 12.1. The van der Waals surface area contributed by atoms with E-state index in [1.165, 1.54) is 15.8 Å². The summed E-state index contributed by atoms with van der Waals surface area (Å²) < 4.78 is 1.42. The van der Waals surface area contributed by atoms with Gasteiger partial charge in [0.25, 0.3) is 0 Å². The van der Waals surface area contributed by atoms with Crippen LogP contribution in [0.15, 0.2) is 24.4 Å². The number of carbonyl (C=O) groups excluding carboxylic acids is 2. The van der Waals surface area contributed by atoms with Crippen molar-refractivity contribution in [2.75, 3.05) is 18.0 Å². The van der Waals surface area contributed by atoms with E-state index in [0.29, 0.717) is 16.4 Å². The molecule has 108 valence electrons. The van der Waals surface area contributed by atoms with Gasteiger partial charge in [-0.05, 0) is 18.2 Å². The van der Waals surface area contributed by atoms with Crippen molar-refractivity contribution in [2.45, 2.75) is 0 Å². The largest absolute Gasteiger partial charge is 0.345 e. The Morgan fingerprint density at radius 1 is 1.19 bits per heavy atom. The van der Waals surface area contributed by atoms with Crippen LogP contribution in [0, 0.1) is 0 Å². The van der Waals surface area contributed by atoms with Gasteiger partial charge in [0, 0.05) is 5.02 Å². The average molecular weight is 326 g/mol. The summed E-state index contributed by atoms with van der Waals surface area (Å²) >= 11 is 11.8. The van der Waals surface area contributed by atoms with Crippen LogP contribution in [-0.4, -0.2) is 39.9 Å². The van der Waals surface area contributed by atoms with E-state index in [1.807, 2.05) is 0 Å². The lowest BCUT2D eigenvalue weighted by Gasteiger charge is -2.28. The lowest BCUT2D eigenvalue weighted by atomic mass is 10.2. The normalized spacial score (nSPS) is 15.2. The minimum atomic E-state index is -0.239. The molecule has 1 aliphatic heterocycles. The monoisotopic (exact) mass is 325 g/mol. The number of benzene rings is 1. The van der Waals surface area contributed by atoms with Gasteiger partial charge in [0.1, 0.15) is 6.54 Å². The number of aromatic nitrogens is 3. The molecule has 0 unspecified atom stereocenters. The van der Waals surface area contributed by atoms with Crippen LogP contribution >= 0.6 is 23.2 Å². The van der Waals surface area contributed by atoms with Crippen molar-refractivity contribution in [2.24, 2.45) is 0 Å². The van der Waals surface area contributed by atoms with Gasteiger partial charge in [-0.3, -0.25) is 14.5 Å². The summed E-state index contributed by atoms with van der Waals surface area (Å²) in [5.74, 6) is -0.471. The molecule has 21 heavy (non-hydrogen) atoms. The first-order valence-electron chi connectivity index (χ1n) is 5.99. The Morgan fingerprint density at radius 3 is 2.71 bits per heavy atom. The van der Waals surface area contributed by atoms with Crippen LogP contribution < -0.4 is 10.2 Å². The third-order valence-electron chi connectivity index (χ3n) is 2.98. The number of nitrogens with one attached hydrogen (secondary N) is 1. The molecule has 3 rings (SSSR count). The molecule has 0 saturated carbocycles. The van der Waals surface area contributed by atoms with Gasteiger partial charge < -0.3 is 5.32 Å². The summed E-state index contributed by atoms with van der Waals surface area (Å²) in [6.07, 6.45) is 1.50. The smallest absolute Gasteiger partial charge is 0.246 e. The zero-order chi connectivity index (χ0) is 15.0. The SMILES string of the molecule is O=C1CN(c2cc(Cl)ccc2-n2cc(Cl)nn2)C(=O)CN1. The second-order valence-corrected chi connectivity index (χ2v) is 5.20. The molecule has 0 aliphatic carbocycles. The highest BCUT2D eigenvalue weighted by Crippen LogP contribution is 2.28. The molecule has 0 radical (unpaired) electrons. The van der Waals surface area contributed by atoms with E-state index in [2.05, 4.69) is 15.6 Å². The van der Waals surface area contributed by atoms with Crippen molar-refractivity contribution in [3.63, 3.8) is 0 Å². The maximum atomic E-state index is 12.0. The standard InChI is InChI=1S/C12H9Cl2N5O2/c13-7-1-2-8(19-5-10(14)16-17-19)9(3-7)18-6-11(20)15-4-12(18)21/h1-3,5H,4,6H2,(H,15,20). The number of halogens is 2. The molecule has 2 heterocycles. The Hall–Kier alpha value is -2.12. The first-order valence-corrected chi connectivity index (χ1v) is 6.75. The number of anilines is 1. The number of nitrogens with zero attached hydrogens (tertiary/aromatic N) is 4. The number of carbonyl (C=O) groups is 2. The van der Waals surface area contributed by atoms with Crippen LogP contribution in [0.1, 0.15) is 0 Å². The molecule has 1 saturated heterocycles. The first-order chi connectivity index (χ1) is 10.0. The minimum absolute atomic E-state index is 0.0527. The molecule has 1 aromatic carbocycles. The number of hydrogen-bond donors (Lipinski definition) is 1. The number of rotatable bonds is 2. The molecule has 2 aromatic rings. The Balaban J connectivity index is 2.10. The summed E-state index contributed by atoms with van der Waals surface area (Å²) in [6, 6.07) is 4.94. The summed E-state index contributed by atoms with van der Waals surface area (Å²) in [5.41, 5.74) is 1.03. The second kappa shape index (κ2) is 5.34. The molecule has 9 heteroatoms. The molecular weight excluding hydrogens is 317 g/mol. The third kappa shape index (κ3) is 2.70. The second-order valence-electron chi connectivity index (χ2n) is 4.38. The third-order valence-corrected chi connectivity index (χ3v) is 3.39. The number of hydrogen-bond acceptors (Lipinski definition) is 4. The van der Waals surface area contributed by atoms with E-state index < -0.39 is 0 Å². The molecular formula is C12H9Cl2N5O2. The van der Waals surface area contributed by atoms with Crippen molar-refractivity contribution < 1.29 is 9.59 Å². The summed E-state index contributed by atoms with van der Waals surface area (Å²) in [4.78, 5) is 24.9. The average Bonchev–Trinajstić information content (AvgIpc) is 2.88. The predicted octanol–water partition coefficient (Wildman–Crippen LogP) is 1.04. The molecule has 1 N–H and O–H groups in total. The molecule has 7 nitrogen and oxygen atoms in total. The molecule has 1 aliphatic rings. The highest BCUT2D eigenvalue weighted by molar-refractivity contribution is 6.31. The highest BCUT2D eigenvalue weighted by atomic mass is 35.5. The molecule has 1 fully saturated rings. The lowest BCUT2D eigenvalue weighted by molar-refractivity contribution is -0.128. The van der Waals surface area contributed by atoms with Crippen molar-refractivity contribution in [3.05, 3.63) is 34.6 Å². The van der Waals surface area contributed by atoms with Gasteiger partial charge in [-0.15, -0.1) is 5.10 Å². The number of amides is 2. The molecule has 0 spiro atoms. The van der Waals surface area contributed by atoms with Crippen LogP contribution in [0.3, 0.4) is 0 Å². The predicted molar refractivity (Wildman–Crippen MR) is 76.7 cm³/mol. The molecule has 0 atom stereocenters. The molecule has 1 aromatic heterocycles. The first kappa shape index (κ1) is 13.8. The Kier molecular flexibility index (Phi) is 3.52. The summed E-state index contributed by atoms with van der Waals surface area (Å²) in [7, 11) is 0. The Bertz CT molecular complexity index is 730. The van der Waals surface area contributed by atoms with Crippen LogP contribution in [0.25, 0.3) is 5.69 Å². The van der Waals surface area contributed by atoms with E-state index in [0.717, 1.165) is 0 Å². The lowest BCUT2D eigenvalue weighted by Crippen LogP contribution is -2.52. The topological polar surface area (TPSA) is 80.1 Å². The fourth-order valence-electron chi connectivity index (χ4n) is 2.04. The maximum Gasteiger partial charge on any atom is 0.246 e. The van der Waals surface area contributed by atoms with Crippen molar-refractivity contribution in [1.82, 2.24) is 20.3 Å². The van der Waals surface area contributed by atoms with Crippen molar-refractivity contribution in [3.8, 4) is 5.69 Å². The highest BCUT2D eigenvalue weighted by Gasteiger charge is 2.27. The fraction of sp³-hybridized carbons (Fsp3) is 0.167.